The van der Waals surface area contributed by atoms with Gasteiger partial charge in [-0.2, -0.15) is 5.26 Å². The minimum atomic E-state index is -0.392. The van der Waals surface area contributed by atoms with Gasteiger partial charge in [0, 0.05) is 22.7 Å². The summed E-state index contributed by atoms with van der Waals surface area (Å²) in [7, 11) is 1.35. The predicted octanol–water partition coefficient (Wildman–Crippen LogP) is 3.93. The fraction of sp³-hybridized carbons (Fsp3) is 0.278. The quantitative estimate of drug-likeness (QED) is 0.665. The standard InChI is InChI=1S/C18H15N3O2S/c1-10-3-4-14-7-11-5-12(6-13(8-19)16(11)21(10)14)17-20-9-15(24-17)18(22)23-2/h5-7,9-10H,3-4H2,1-2H3. The molecule has 0 saturated carbocycles. The largest absolute Gasteiger partial charge is 0.465 e. The molecule has 0 spiro atoms. The maximum absolute atomic E-state index is 11.6. The molecule has 0 fully saturated rings. The first-order chi connectivity index (χ1) is 11.6. The lowest BCUT2D eigenvalue weighted by Crippen LogP contribution is -1.99. The van der Waals surface area contributed by atoms with Crippen LogP contribution >= 0.6 is 11.3 Å². The second-order valence-electron chi connectivity index (χ2n) is 5.99. The van der Waals surface area contributed by atoms with Crippen molar-refractivity contribution in [2.45, 2.75) is 25.8 Å². The lowest BCUT2D eigenvalue weighted by Gasteiger charge is -2.10. The third kappa shape index (κ3) is 2.13. The van der Waals surface area contributed by atoms with Gasteiger partial charge in [-0.1, -0.05) is 0 Å². The van der Waals surface area contributed by atoms with E-state index in [-0.39, 0.29) is 0 Å². The van der Waals surface area contributed by atoms with Gasteiger partial charge in [-0.05, 0) is 38.0 Å². The molecule has 120 valence electrons. The van der Waals surface area contributed by atoms with Crippen molar-refractivity contribution in [1.82, 2.24) is 9.55 Å². The second-order valence-corrected chi connectivity index (χ2v) is 7.02. The molecule has 0 bridgehead atoms. The van der Waals surface area contributed by atoms with E-state index >= 15 is 0 Å². The zero-order valence-electron chi connectivity index (χ0n) is 13.4. The highest BCUT2D eigenvalue weighted by atomic mass is 32.1. The van der Waals surface area contributed by atoms with Gasteiger partial charge in [0.15, 0.2) is 0 Å². The van der Waals surface area contributed by atoms with E-state index in [0.29, 0.717) is 21.5 Å². The van der Waals surface area contributed by atoms with E-state index in [1.807, 2.05) is 12.1 Å². The fourth-order valence-corrected chi connectivity index (χ4v) is 4.24. The number of nitrogens with zero attached hydrogens (tertiary/aromatic N) is 3. The number of fused-ring (bicyclic) bond motifs is 3. The highest BCUT2D eigenvalue weighted by Crippen LogP contribution is 2.37. The SMILES string of the molecule is COC(=O)c1cnc(-c2cc(C#N)c3c(c2)cc2n3C(C)CC2)s1. The summed E-state index contributed by atoms with van der Waals surface area (Å²) in [5.74, 6) is -0.392. The molecule has 1 unspecified atom stereocenters. The summed E-state index contributed by atoms with van der Waals surface area (Å²) in [5, 5.41) is 11.4. The molecule has 0 saturated heterocycles. The summed E-state index contributed by atoms with van der Waals surface area (Å²) in [6.07, 6.45) is 3.68. The van der Waals surface area contributed by atoms with Gasteiger partial charge in [-0.15, -0.1) is 11.3 Å². The molecule has 0 radical (unpaired) electrons. The van der Waals surface area contributed by atoms with Gasteiger partial charge in [-0.25, -0.2) is 9.78 Å². The summed E-state index contributed by atoms with van der Waals surface area (Å²) in [6.45, 7) is 2.19. The van der Waals surface area contributed by atoms with E-state index in [2.05, 4.69) is 28.6 Å². The molecule has 6 heteroatoms. The van der Waals surface area contributed by atoms with Crippen LogP contribution in [0, 0.1) is 11.3 Å². The predicted molar refractivity (Wildman–Crippen MR) is 92.1 cm³/mol. The molecular weight excluding hydrogens is 322 g/mol. The first kappa shape index (κ1) is 14.9. The van der Waals surface area contributed by atoms with Crippen molar-refractivity contribution in [2.75, 3.05) is 7.11 Å². The Morgan fingerprint density at radius 2 is 2.29 bits per heavy atom. The first-order valence-electron chi connectivity index (χ1n) is 7.75. The van der Waals surface area contributed by atoms with Crippen LogP contribution in [-0.4, -0.2) is 22.6 Å². The smallest absolute Gasteiger partial charge is 0.349 e. The number of nitriles is 1. The average Bonchev–Trinajstić information content (AvgIpc) is 3.29. The molecule has 5 nitrogen and oxygen atoms in total. The molecule has 0 amide bonds. The third-order valence-corrected chi connectivity index (χ3v) is 5.56. The van der Waals surface area contributed by atoms with Crippen LogP contribution in [0.25, 0.3) is 21.5 Å². The Hall–Kier alpha value is -2.65. The van der Waals surface area contributed by atoms with Gasteiger partial charge in [-0.3, -0.25) is 0 Å². The maximum atomic E-state index is 11.6. The average molecular weight is 337 g/mol. The summed E-state index contributed by atoms with van der Waals surface area (Å²) in [6, 6.07) is 8.82. The van der Waals surface area contributed by atoms with Crippen LogP contribution in [0.1, 0.15) is 40.3 Å². The van der Waals surface area contributed by atoms with E-state index in [1.54, 1.807) is 0 Å². The minimum absolute atomic E-state index is 0.392. The van der Waals surface area contributed by atoms with Crippen molar-refractivity contribution < 1.29 is 9.53 Å². The summed E-state index contributed by atoms with van der Waals surface area (Å²) in [5.41, 5.74) is 3.79. The minimum Gasteiger partial charge on any atom is -0.465 e. The zero-order valence-corrected chi connectivity index (χ0v) is 14.2. The number of aryl methyl sites for hydroxylation is 1. The van der Waals surface area contributed by atoms with Gasteiger partial charge in [0.05, 0.1) is 24.4 Å². The number of carbonyl (C=O) groups excluding carboxylic acids is 1. The van der Waals surface area contributed by atoms with E-state index in [9.17, 15) is 10.1 Å². The number of esters is 1. The van der Waals surface area contributed by atoms with Crippen molar-refractivity contribution in [3.63, 3.8) is 0 Å². The molecule has 3 heterocycles. The van der Waals surface area contributed by atoms with E-state index in [4.69, 9.17) is 4.74 Å². The van der Waals surface area contributed by atoms with Crippen LogP contribution in [0.15, 0.2) is 24.4 Å². The summed E-state index contributed by atoms with van der Waals surface area (Å²) < 4.78 is 7.01. The number of benzene rings is 1. The van der Waals surface area contributed by atoms with E-state index in [0.717, 1.165) is 29.3 Å². The number of hydrogen-bond acceptors (Lipinski definition) is 5. The number of thiazole rings is 1. The van der Waals surface area contributed by atoms with Gasteiger partial charge < -0.3 is 9.30 Å². The maximum Gasteiger partial charge on any atom is 0.349 e. The van der Waals surface area contributed by atoms with Crippen molar-refractivity contribution in [3.8, 4) is 16.6 Å². The Morgan fingerprint density at radius 3 is 3.04 bits per heavy atom. The lowest BCUT2D eigenvalue weighted by atomic mass is 10.1. The summed E-state index contributed by atoms with van der Waals surface area (Å²) >= 11 is 1.28. The Morgan fingerprint density at radius 1 is 1.46 bits per heavy atom. The fourth-order valence-electron chi connectivity index (χ4n) is 3.42. The van der Waals surface area contributed by atoms with Crippen LogP contribution in [0.5, 0.6) is 0 Å². The Balaban J connectivity index is 1.88. The molecule has 2 aromatic heterocycles. The highest BCUT2D eigenvalue weighted by molar-refractivity contribution is 7.16. The molecule has 3 aromatic rings. The topological polar surface area (TPSA) is 67.9 Å². The van der Waals surface area contributed by atoms with Crippen LogP contribution in [0.3, 0.4) is 0 Å². The molecule has 4 rings (SSSR count). The summed E-state index contributed by atoms with van der Waals surface area (Å²) in [4.78, 5) is 16.4. The van der Waals surface area contributed by atoms with Crippen molar-refractivity contribution >= 4 is 28.2 Å². The Labute approximate surface area is 143 Å². The molecular formula is C18H15N3O2S. The molecule has 24 heavy (non-hydrogen) atoms. The van der Waals surface area contributed by atoms with Gasteiger partial charge in [0.1, 0.15) is 16.0 Å². The molecule has 1 atom stereocenters. The highest BCUT2D eigenvalue weighted by Gasteiger charge is 2.23. The van der Waals surface area contributed by atoms with Crippen molar-refractivity contribution in [3.05, 3.63) is 40.5 Å². The van der Waals surface area contributed by atoms with Crippen LogP contribution in [-0.2, 0) is 11.2 Å². The van der Waals surface area contributed by atoms with Crippen molar-refractivity contribution in [2.24, 2.45) is 0 Å². The van der Waals surface area contributed by atoms with E-state index in [1.165, 1.54) is 30.3 Å². The van der Waals surface area contributed by atoms with Crippen LogP contribution in [0.2, 0.25) is 0 Å². The number of hydrogen-bond donors (Lipinski definition) is 0. The number of aromatic nitrogens is 2. The Bertz CT molecular complexity index is 1010. The lowest BCUT2D eigenvalue weighted by molar-refractivity contribution is 0.0606. The monoisotopic (exact) mass is 337 g/mol. The van der Waals surface area contributed by atoms with E-state index < -0.39 is 5.97 Å². The molecule has 0 aliphatic carbocycles. The number of carbonyl (C=O) groups is 1. The molecule has 1 aliphatic rings. The zero-order chi connectivity index (χ0) is 16.8. The van der Waals surface area contributed by atoms with Gasteiger partial charge in [0.25, 0.3) is 0 Å². The van der Waals surface area contributed by atoms with Gasteiger partial charge >= 0.3 is 5.97 Å². The Kier molecular flexibility index (Phi) is 3.39. The molecule has 1 aromatic carbocycles. The molecule has 1 aliphatic heterocycles. The second kappa shape index (κ2) is 5.46. The third-order valence-electron chi connectivity index (χ3n) is 4.53. The van der Waals surface area contributed by atoms with Crippen LogP contribution < -0.4 is 0 Å². The number of methoxy groups -OCH3 is 1. The first-order valence-corrected chi connectivity index (χ1v) is 8.56. The molecule has 0 N–H and O–H groups in total. The van der Waals surface area contributed by atoms with Crippen LogP contribution in [0.4, 0.5) is 0 Å². The number of ether oxygens (including phenoxy) is 1. The normalized spacial score (nSPS) is 16.1. The number of rotatable bonds is 2. The van der Waals surface area contributed by atoms with Gasteiger partial charge in [0.2, 0.25) is 0 Å². The van der Waals surface area contributed by atoms with Crippen molar-refractivity contribution in [1.29, 1.82) is 5.26 Å².